The van der Waals surface area contributed by atoms with Crippen molar-refractivity contribution in [2.45, 2.75) is 18.4 Å². The summed E-state index contributed by atoms with van der Waals surface area (Å²) in [6.45, 7) is 1.57. The van der Waals surface area contributed by atoms with Gasteiger partial charge in [-0.15, -0.1) is 0 Å². The van der Waals surface area contributed by atoms with E-state index >= 15 is 0 Å². The summed E-state index contributed by atoms with van der Waals surface area (Å²) in [6.07, 6.45) is 2.25. The molecule has 1 aromatic rings. The van der Waals surface area contributed by atoms with Crippen molar-refractivity contribution in [1.82, 2.24) is 4.90 Å². The van der Waals surface area contributed by atoms with Gasteiger partial charge in [0.15, 0.2) is 0 Å². The number of hydrogen-bond acceptors (Lipinski definition) is 3. The van der Waals surface area contributed by atoms with Crippen molar-refractivity contribution in [3.05, 3.63) is 27.1 Å². The van der Waals surface area contributed by atoms with E-state index in [0.29, 0.717) is 25.6 Å². The van der Waals surface area contributed by atoms with Gasteiger partial charge in [0.1, 0.15) is 0 Å². The normalized spacial score (nSPS) is 21.4. The van der Waals surface area contributed by atoms with Gasteiger partial charge in [-0.1, -0.05) is 15.9 Å². The number of nitrogens with zero attached hydrogens (tertiary/aromatic N) is 1. The number of likely N-dealkylation sites (tertiary alicyclic amines) is 1. The van der Waals surface area contributed by atoms with Crippen LogP contribution in [0, 0.1) is 5.92 Å². The fourth-order valence-electron chi connectivity index (χ4n) is 2.70. The predicted octanol–water partition coefficient (Wildman–Crippen LogP) is 2.61. The quantitative estimate of drug-likeness (QED) is 0.812. The van der Waals surface area contributed by atoms with E-state index in [4.69, 9.17) is 0 Å². The number of rotatable bonds is 4. The molecule has 1 aliphatic heterocycles. The van der Waals surface area contributed by atoms with E-state index < -0.39 is 5.60 Å². The van der Waals surface area contributed by atoms with Gasteiger partial charge in [-0.25, -0.2) is 0 Å². The van der Waals surface area contributed by atoms with Crippen LogP contribution in [0.25, 0.3) is 0 Å². The molecule has 1 saturated carbocycles. The number of anilines is 1. The molecule has 1 aliphatic carbocycles. The smallest absolute Gasteiger partial charge is 0.238 e. The highest BCUT2D eigenvalue weighted by atomic mass is 79.9. The molecule has 4 nitrogen and oxygen atoms in total. The van der Waals surface area contributed by atoms with Crippen LogP contribution in [0.3, 0.4) is 0 Å². The maximum absolute atomic E-state index is 12.0. The summed E-state index contributed by atoms with van der Waals surface area (Å²) < 4.78 is 1.80. The summed E-state index contributed by atoms with van der Waals surface area (Å²) in [5, 5.41) is 13.1. The summed E-state index contributed by atoms with van der Waals surface area (Å²) in [6, 6.07) is 5.63. The third-order valence-corrected chi connectivity index (χ3v) is 5.05. The third-order valence-electron chi connectivity index (χ3n) is 3.90. The van der Waals surface area contributed by atoms with Gasteiger partial charge in [0, 0.05) is 22.0 Å². The number of aliphatic hydroxyl groups is 1. The Morgan fingerprint density at radius 3 is 2.70 bits per heavy atom. The van der Waals surface area contributed by atoms with Crippen molar-refractivity contribution in [2.24, 2.45) is 5.92 Å². The number of nitrogens with one attached hydrogen (secondary N) is 1. The van der Waals surface area contributed by atoms with Crippen LogP contribution in [0.2, 0.25) is 0 Å². The predicted molar refractivity (Wildman–Crippen MR) is 84.6 cm³/mol. The SMILES string of the molecule is O=C(CN1CC(O)(C2CC2)C1)Nc1ccc(Br)cc1Br. The summed E-state index contributed by atoms with van der Waals surface area (Å²) in [5.74, 6) is 0.410. The first-order valence-corrected chi connectivity index (χ1v) is 8.24. The summed E-state index contributed by atoms with van der Waals surface area (Å²) in [5.41, 5.74) is 0.231. The summed E-state index contributed by atoms with van der Waals surface area (Å²) in [7, 11) is 0. The molecule has 0 spiro atoms. The van der Waals surface area contributed by atoms with Gasteiger partial charge in [0.25, 0.3) is 0 Å². The molecule has 0 aromatic heterocycles. The molecular formula is C14H16Br2N2O2. The van der Waals surface area contributed by atoms with Crippen molar-refractivity contribution in [2.75, 3.05) is 25.0 Å². The monoisotopic (exact) mass is 402 g/mol. The summed E-state index contributed by atoms with van der Waals surface area (Å²) in [4.78, 5) is 14.0. The van der Waals surface area contributed by atoms with Crippen LogP contribution in [-0.4, -0.2) is 41.1 Å². The lowest BCUT2D eigenvalue weighted by Gasteiger charge is -2.46. The highest BCUT2D eigenvalue weighted by molar-refractivity contribution is 9.11. The molecule has 2 N–H and O–H groups in total. The molecule has 0 radical (unpaired) electrons. The zero-order valence-corrected chi connectivity index (χ0v) is 14.1. The second-order valence-corrected chi connectivity index (χ2v) is 7.47. The Labute approximate surface area is 134 Å². The van der Waals surface area contributed by atoms with Crippen LogP contribution in [-0.2, 0) is 4.79 Å². The number of carbonyl (C=O) groups is 1. The Morgan fingerprint density at radius 2 is 2.10 bits per heavy atom. The van der Waals surface area contributed by atoms with E-state index in [-0.39, 0.29) is 5.91 Å². The number of benzene rings is 1. The average molecular weight is 404 g/mol. The Balaban J connectivity index is 1.50. The highest BCUT2D eigenvalue weighted by Crippen LogP contribution is 2.44. The minimum atomic E-state index is -0.529. The van der Waals surface area contributed by atoms with Gasteiger partial charge in [0.2, 0.25) is 5.91 Å². The molecule has 1 saturated heterocycles. The van der Waals surface area contributed by atoms with Crippen LogP contribution in [0.15, 0.2) is 27.1 Å². The average Bonchev–Trinajstić information content (AvgIpc) is 3.15. The lowest BCUT2D eigenvalue weighted by molar-refractivity contribution is -0.132. The van der Waals surface area contributed by atoms with Crippen molar-refractivity contribution in [3.8, 4) is 0 Å². The maximum Gasteiger partial charge on any atom is 0.238 e. The van der Waals surface area contributed by atoms with E-state index in [2.05, 4.69) is 37.2 Å². The Hall–Kier alpha value is -0.430. The van der Waals surface area contributed by atoms with Gasteiger partial charge in [-0.05, 0) is 52.9 Å². The Bertz CT molecular complexity index is 540. The highest BCUT2D eigenvalue weighted by Gasteiger charge is 2.51. The third kappa shape index (κ3) is 3.08. The fraction of sp³-hybridized carbons (Fsp3) is 0.500. The second kappa shape index (κ2) is 5.40. The van der Waals surface area contributed by atoms with Crippen molar-refractivity contribution in [1.29, 1.82) is 0 Å². The standard InChI is InChI=1S/C14H16Br2N2O2/c15-10-3-4-12(11(16)5-10)17-13(19)6-18-7-14(20,8-18)9-1-2-9/h3-5,9,20H,1-2,6-8H2,(H,17,19). The van der Waals surface area contributed by atoms with Gasteiger partial charge in [-0.2, -0.15) is 0 Å². The maximum atomic E-state index is 12.0. The molecule has 3 rings (SSSR count). The molecule has 108 valence electrons. The van der Waals surface area contributed by atoms with Crippen molar-refractivity contribution >= 4 is 43.5 Å². The van der Waals surface area contributed by atoms with Gasteiger partial charge in [0.05, 0.1) is 17.8 Å². The van der Waals surface area contributed by atoms with E-state index in [9.17, 15) is 9.90 Å². The molecule has 1 heterocycles. The first-order valence-electron chi connectivity index (χ1n) is 6.66. The first-order chi connectivity index (χ1) is 9.46. The zero-order chi connectivity index (χ0) is 14.3. The van der Waals surface area contributed by atoms with Crippen LogP contribution in [0.1, 0.15) is 12.8 Å². The number of β-amino-alcohol motifs (C(OH)–C–C–N with tert-alkyl or cyclic N) is 1. The molecule has 6 heteroatoms. The molecule has 1 amide bonds. The van der Waals surface area contributed by atoms with E-state index in [0.717, 1.165) is 27.5 Å². The van der Waals surface area contributed by atoms with E-state index in [1.807, 2.05) is 23.1 Å². The van der Waals surface area contributed by atoms with Crippen LogP contribution in [0.5, 0.6) is 0 Å². The van der Waals surface area contributed by atoms with Gasteiger partial charge >= 0.3 is 0 Å². The Kier molecular flexibility index (Phi) is 3.92. The van der Waals surface area contributed by atoms with E-state index in [1.165, 1.54) is 0 Å². The molecule has 0 atom stereocenters. The van der Waals surface area contributed by atoms with Crippen molar-refractivity contribution < 1.29 is 9.90 Å². The van der Waals surface area contributed by atoms with Crippen molar-refractivity contribution in [3.63, 3.8) is 0 Å². The lowest BCUT2D eigenvalue weighted by Crippen LogP contribution is -2.64. The molecule has 20 heavy (non-hydrogen) atoms. The van der Waals surface area contributed by atoms with Crippen LogP contribution >= 0.6 is 31.9 Å². The van der Waals surface area contributed by atoms with Gasteiger partial charge < -0.3 is 10.4 Å². The minimum absolute atomic E-state index is 0.0501. The van der Waals surface area contributed by atoms with E-state index in [1.54, 1.807) is 0 Å². The largest absolute Gasteiger partial charge is 0.387 e. The fourth-order valence-corrected chi connectivity index (χ4v) is 3.85. The molecule has 0 unspecified atom stereocenters. The van der Waals surface area contributed by atoms with Crippen LogP contribution < -0.4 is 5.32 Å². The molecule has 2 fully saturated rings. The number of halogens is 2. The van der Waals surface area contributed by atoms with Gasteiger partial charge in [-0.3, -0.25) is 9.69 Å². The first kappa shape index (κ1) is 14.5. The molecule has 1 aromatic carbocycles. The molecule has 2 aliphatic rings. The minimum Gasteiger partial charge on any atom is -0.387 e. The number of hydrogen-bond donors (Lipinski definition) is 2. The molecule has 0 bridgehead atoms. The second-order valence-electron chi connectivity index (χ2n) is 5.70. The zero-order valence-electron chi connectivity index (χ0n) is 10.9. The Morgan fingerprint density at radius 1 is 1.40 bits per heavy atom. The summed E-state index contributed by atoms with van der Waals surface area (Å²) >= 11 is 6.80. The topological polar surface area (TPSA) is 52.6 Å². The van der Waals surface area contributed by atoms with Crippen LogP contribution in [0.4, 0.5) is 5.69 Å². The number of amides is 1. The molecular weight excluding hydrogens is 388 g/mol. The number of carbonyl (C=O) groups excluding carboxylic acids is 1. The lowest BCUT2D eigenvalue weighted by atomic mass is 9.89.